The number of sulfonamides is 1. The van der Waals surface area contributed by atoms with E-state index in [1.165, 1.54) is 6.07 Å². The molecule has 0 bridgehead atoms. The Morgan fingerprint density at radius 3 is 2.56 bits per heavy atom. The molecule has 0 spiro atoms. The van der Waals surface area contributed by atoms with E-state index in [9.17, 15) is 13.2 Å². The van der Waals surface area contributed by atoms with Gasteiger partial charge in [0.1, 0.15) is 12.4 Å². The fourth-order valence-corrected chi connectivity index (χ4v) is 3.88. The molecule has 1 atom stereocenters. The Morgan fingerprint density at radius 2 is 1.80 bits per heavy atom. The zero-order valence-electron chi connectivity index (χ0n) is 13.8. The number of nitrogens with one attached hydrogen (secondary N) is 2. The highest BCUT2D eigenvalue weighted by Crippen LogP contribution is 2.22. The maximum absolute atomic E-state index is 12.0. The van der Waals surface area contributed by atoms with Crippen LogP contribution in [0.2, 0.25) is 0 Å². The van der Waals surface area contributed by atoms with Crippen LogP contribution >= 0.6 is 0 Å². The van der Waals surface area contributed by atoms with E-state index in [0.717, 1.165) is 5.56 Å². The molecule has 130 valence electrons. The van der Waals surface area contributed by atoms with Gasteiger partial charge in [-0.15, -0.1) is 0 Å². The summed E-state index contributed by atoms with van der Waals surface area (Å²) in [5, 5.41) is 2.83. The Bertz CT molecular complexity index is 908. The summed E-state index contributed by atoms with van der Waals surface area (Å²) in [7, 11) is -3.58. The molecule has 0 unspecified atom stereocenters. The van der Waals surface area contributed by atoms with E-state index in [4.69, 9.17) is 0 Å². The predicted molar refractivity (Wildman–Crippen MR) is 96.0 cm³/mol. The molecule has 2 aromatic rings. The summed E-state index contributed by atoms with van der Waals surface area (Å²) in [5.74, 6) is 0.143. The van der Waals surface area contributed by atoms with E-state index in [2.05, 4.69) is 15.0 Å². The molecule has 3 rings (SSSR count). The van der Waals surface area contributed by atoms with Gasteiger partial charge >= 0.3 is 0 Å². The second kappa shape index (κ2) is 7.06. The van der Waals surface area contributed by atoms with Crippen LogP contribution in [0.4, 0.5) is 0 Å². The van der Waals surface area contributed by atoms with Gasteiger partial charge in [0, 0.05) is 12.1 Å². The van der Waals surface area contributed by atoms with Crippen LogP contribution in [0.25, 0.3) is 0 Å². The van der Waals surface area contributed by atoms with Crippen molar-refractivity contribution in [3.05, 3.63) is 65.7 Å². The summed E-state index contributed by atoms with van der Waals surface area (Å²) < 4.78 is 26.4. The van der Waals surface area contributed by atoms with Crippen molar-refractivity contribution >= 4 is 21.8 Å². The lowest BCUT2D eigenvalue weighted by atomic mass is 10.0. The summed E-state index contributed by atoms with van der Waals surface area (Å²) in [6.45, 7) is 2.40. The van der Waals surface area contributed by atoms with Crippen molar-refractivity contribution in [1.82, 2.24) is 10.0 Å². The predicted octanol–water partition coefficient (Wildman–Crippen LogP) is 1.64. The van der Waals surface area contributed by atoms with Gasteiger partial charge in [0.15, 0.2) is 0 Å². The molecule has 25 heavy (non-hydrogen) atoms. The largest absolute Gasteiger partial charge is 0.354 e. The van der Waals surface area contributed by atoms with E-state index in [1.807, 2.05) is 37.3 Å². The van der Waals surface area contributed by atoms with Crippen LogP contribution in [0.15, 0.2) is 64.5 Å². The second-order valence-corrected chi connectivity index (χ2v) is 7.53. The van der Waals surface area contributed by atoms with Gasteiger partial charge in [-0.1, -0.05) is 49.4 Å². The first-order valence-corrected chi connectivity index (χ1v) is 9.44. The molecule has 1 heterocycles. The van der Waals surface area contributed by atoms with E-state index < -0.39 is 10.0 Å². The number of hydrogen-bond acceptors (Lipinski definition) is 4. The standard InChI is InChI=1S/C18H19N3O3S/c1-13(14-7-3-2-4-8-14)11-19-17(22)12-20-18-15-9-5-6-10-16(15)25(23,24)21-18/h2-10,13H,11-12H2,1H3,(H,19,22)(H,20,21)/t13-/m1/s1. The molecule has 0 fully saturated rings. The first-order valence-electron chi connectivity index (χ1n) is 7.95. The van der Waals surface area contributed by atoms with E-state index in [1.54, 1.807) is 18.2 Å². The maximum atomic E-state index is 12.0. The summed E-state index contributed by atoms with van der Waals surface area (Å²) in [6, 6.07) is 16.5. The van der Waals surface area contributed by atoms with Crippen LogP contribution in [0, 0.1) is 0 Å². The number of fused-ring (bicyclic) bond motifs is 1. The number of amidine groups is 1. The minimum absolute atomic E-state index is 0.131. The van der Waals surface area contributed by atoms with E-state index in [0.29, 0.717) is 12.1 Å². The van der Waals surface area contributed by atoms with Crippen LogP contribution < -0.4 is 10.0 Å². The van der Waals surface area contributed by atoms with Gasteiger partial charge in [-0.2, -0.15) is 0 Å². The zero-order valence-corrected chi connectivity index (χ0v) is 14.6. The third kappa shape index (κ3) is 3.88. The molecular formula is C18H19N3O3S. The molecule has 2 aromatic carbocycles. The Kier molecular flexibility index (Phi) is 4.85. The van der Waals surface area contributed by atoms with Crippen LogP contribution in [-0.2, 0) is 14.8 Å². The van der Waals surface area contributed by atoms with Gasteiger partial charge in [0.05, 0.1) is 4.90 Å². The fourth-order valence-electron chi connectivity index (χ4n) is 2.62. The number of aliphatic imine (C=N–C) groups is 1. The molecule has 0 radical (unpaired) electrons. The molecule has 0 saturated carbocycles. The van der Waals surface area contributed by atoms with Crippen LogP contribution in [0.1, 0.15) is 24.0 Å². The van der Waals surface area contributed by atoms with Crippen molar-refractivity contribution in [3.8, 4) is 0 Å². The molecule has 1 amide bonds. The Balaban J connectivity index is 1.60. The monoisotopic (exact) mass is 357 g/mol. The molecule has 7 heteroatoms. The lowest BCUT2D eigenvalue weighted by Crippen LogP contribution is -2.30. The summed E-state index contributed by atoms with van der Waals surface area (Å²) in [6.07, 6.45) is 0. The van der Waals surface area contributed by atoms with Crippen molar-refractivity contribution < 1.29 is 13.2 Å². The molecule has 0 aliphatic carbocycles. The number of carbonyl (C=O) groups is 1. The summed E-state index contributed by atoms with van der Waals surface area (Å²) >= 11 is 0. The second-order valence-electron chi connectivity index (χ2n) is 5.88. The van der Waals surface area contributed by atoms with Gasteiger partial charge in [0.25, 0.3) is 10.0 Å². The number of amides is 1. The molecule has 6 nitrogen and oxygen atoms in total. The van der Waals surface area contributed by atoms with Crippen molar-refractivity contribution in [2.24, 2.45) is 4.99 Å². The molecule has 0 saturated heterocycles. The van der Waals surface area contributed by atoms with Crippen molar-refractivity contribution in [2.45, 2.75) is 17.7 Å². The average Bonchev–Trinajstić information content (AvgIpc) is 2.89. The van der Waals surface area contributed by atoms with Crippen molar-refractivity contribution in [3.63, 3.8) is 0 Å². The Labute approximate surface area is 147 Å². The highest BCUT2D eigenvalue weighted by Gasteiger charge is 2.30. The van der Waals surface area contributed by atoms with Crippen LogP contribution in [0.3, 0.4) is 0 Å². The first-order chi connectivity index (χ1) is 12.0. The minimum Gasteiger partial charge on any atom is -0.354 e. The lowest BCUT2D eigenvalue weighted by Gasteiger charge is -2.12. The Hall–Kier alpha value is -2.67. The van der Waals surface area contributed by atoms with Gasteiger partial charge in [-0.25, -0.2) is 8.42 Å². The average molecular weight is 357 g/mol. The third-order valence-electron chi connectivity index (χ3n) is 4.02. The van der Waals surface area contributed by atoms with Gasteiger partial charge in [-0.05, 0) is 23.6 Å². The normalized spacial score (nSPS) is 17.6. The quantitative estimate of drug-likeness (QED) is 0.853. The smallest absolute Gasteiger partial charge is 0.263 e. The molecule has 1 aliphatic rings. The van der Waals surface area contributed by atoms with E-state index in [-0.39, 0.29) is 29.1 Å². The van der Waals surface area contributed by atoms with Crippen LogP contribution in [0.5, 0.6) is 0 Å². The molecular weight excluding hydrogens is 338 g/mol. The number of carbonyl (C=O) groups excluding carboxylic acids is 1. The highest BCUT2D eigenvalue weighted by molar-refractivity contribution is 7.90. The van der Waals surface area contributed by atoms with E-state index >= 15 is 0 Å². The Morgan fingerprint density at radius 1 is 1.12 bits per heavy atom. The topological polar surface area (TPSA) is 87.6 Å². The zero-order chi connectivity index (χ0) is 17.9. The van der Waals surface area contributed by atoms with Crippen molar-refractivity contribution in [1.29, 1.82) is 0 Å². The SMILES string of the molecule is C[C@H](CNC(=O)CN=C1NS(=O)(=O)c2ccccc21)c1ccccc1. The van der Waals surface area contributed by atoms with Gasteiger partial charge in [0.2, 0.25) is 5.91 Å². The first kappa shape index (κ1) is 17.2. The van der Waals surface area contributed by atoms with Gasteiger partial charge in [-0.3, -0.25) is 14.5 Å². The fraction of sp³-hybridized carbons (Fsp3) is 0.222. The molecule has 1 aliphatic heterocycles. The lowest BCUT2D eigenvalue weighted by molar-refractivity contribution is -0.119. The number of benzene rings is 2. The van der Waals surface area contributed by atoms with Crippen molar-refractivity contribution in [2.75, 3.05) is 13.1 Å². The molecule has 2 N–H and O–H groups in total. The molecule has 0 aromatic heterocycles. The number of rotatable bonds is 5. The minimum atomic E-state index is -3.58. The van der Waals surface area contributed by atoms with Gasteiger partial charge < -0.3 is 5.32 Å². The highest BCUT2D eigenvalue weighted by atomic mass is 32.2. The number of hydrogen-bond donors (Lipinski definition) is 2. The van der Waals surface area contributed by atoms with Crippen LogP contribution in [-0.4, -0.2) is 33.3 Å². The third-order valence-corrected chi connectivity index (χ3v) is 5.41. The maximum Gasteiger partial charge on any atom is 0.263 e. The summed E-state index contributed by atoms with van der Waals surface area (Å²) in [5.41, 5.74) is 1.64. The summed E-state index contributed by atoms with van der Waals surface area (Å²) in [4.78, 5) is 16.3. The number of nitrogens with zero attached hydrogens (tertiary/aromatic N) is 1.